The van der Waals surface area contributed by atoms with E-state index in [2.05, 4.69) is 35.6 Å². The molecule has 5 aromatic rings. The van der Waals surface area contributed by atoms with Crippen molar-refractivity contribution < 1.29 is 18.8 Å². The predicted octanol–water partition coefficient (Wildman–Crippen LogP) is 3.28. The van der Waals surface area contributed by atoms with Gasteiger partial charge in [0.15, 0.2) is 0 Å². The van der Waals surface area contributed by atoms with Crippen LogP contribution >= 0.6 is 0 Å². The molecule has 218 valence electrons. The van der Waals surface area contributed by atoms with Crippen molar-refractivity contribution in [1.29, 1.82) is 0 Å². The maximum atomic E-state index is 14.6. The standard InChI is InChI=1S/C31H29FN8O3/c1-33-30(43)25-4-3-21(13-26(25)32)28-16-36-31-35-15-24(40(31)38-28)11-20-2-5-27-22(10-20)12-23(14-34-27)37-29(42)17-39-8-6-19(18-41)7-9-39/h2-5,10,12-16,18-19H,6-9,11,17H2,1H3,(H,33,43)(H,37,42). The summed E-state index contributed by atoms with van der Waals surface area (Å²) in [6.45, 7) is 1.73. The molecule has 6 rings (SSSR count). The van der Waals surface area contributed by atoms with Crippen molar-refractivity contribution in [3.05, 3.63) is 83.7 Å². The highest BCUT2D eigenvalue weighted by molar-refractivity contribution is 5.95. The molecule has 2 amide bonds. The van der Waals surface area contributed by atoms with Gasteiger partial charge in [-0.15, -0.1) is 0 Å². The average molecular weight is 581 g/mol. The number of carbonyl (C=O) groups is 3. The number of piperidine rings is 1. The van der Waals surface area contributed by atoms with Crippen LogP contribution in [0.25, 0.3) is 27.9 Å². The largest absolute Gasteiger partial charge is 0.355 e. The van der Waals surface area contributed by atoms with E-state index in [0.29, 0.717) is 29.1 Å². The molecule has 0 bridgehead atoms. The Hall–Kier alpha value is -5.10. The molecule has 2 aromatic carbocycles. The summed E-state index contributed by atoms with van der Waals surface area (Å²) < 4.78 is 16.2. The summed E-state index contributed by atoms with van der Waals surface area (Å²) in [5, 5.41) is 10.9. The van der Waals surface area contributed by atoms with Gasteiger partial charge in [-0.1, -0.05) is 12.1 Å². The van der Waals surface area contributed by atoms with E-state index < -0.39 is 11.7 Å². The number of halogens is 1. The van der Waals surface area contributed by atoms with Gasteiger partial charge in [0.2, 0.25) is 5.91 Å². The fourth-order valence-corrected chi connectivity index (χ4v) is 5.28. The highest BCUT2D eigenvalue weighted by Crippen LogP contribution is 2.23. The van der Waals surface area contributed by atoms with Crippen LogP contribution in [0, 0.1) is 11.7 Å². The first-order valence-electron chi connectivity index (χ1n) is 14.0. The van der Waals surface area contributed by atoms with Crippen molar-refractivity contribution in [3.63, 3.8) is 0 Å². The van der Waals surface area contributed by atoms with Crippen LogP contribution in [0.3, 0.4) is 0 Å². The molecule has 11 nitrogen and oxygen atoms in total. The van der Waals surface area contributed by atoms with E-state index in [0.717, 1.165) is 54.4 Å². The number of anilines is 1. The lowest BCUT2D eigenvalue weighted by atomic mass is 9.99. The number of aldehydes is 1. The Morgan fingerprint density at radius 3 is 2.60 bits per heavy atom. The van der Waals surface area contributed by atoms with Crippen molar-refractivity contribution >= 4 is 40.5 Å². The van der Waals surface area contributed by atoms with Crippen molar-refractivity contribution in [2.45, 2.75) is 19.3 Å². The molecule has 1 aliphatic heterocycles. The molecule has 2 N–H and O–H groups in total. The number of fused-ring (bicyclic) bond motifs is 2. The van der Waals surface area contributed by atoms with Crippen LogP contribution in [-0.2, 0) is 16.0 Å². The quantitative estimate of drug-likeness (QED) is 0.267. The Bertz CT molecular complexity index is 1850. The van der Waals surface area contributed by atoms with Gasteiger partial charge < -0.3 is 15.4 Å². The van der Waals surface area contributed by atoms with Crippen LogP contribution < -0.4 is 10.6 Å². The number of nitrogens with zero attached hydrogens (tertiary/aromatic N) is 6. The normalized spacial score (nSPS) is 14.2. The number of hydrogen-bond acceptors (Lipinski definition) is 8. The summed E-state index contributed by atoms with van der Waals surface area (Å²) in [6.07, 6.45) is 7.92. The Balaban J connectivity index is 1.18. The molecule has 12 heteroatoms. The summed E-state index contributed by atoms with van der Waals surface area (Å²) in [7, 11) is 1.45. The minimum atomic E-state index is -0.649. The number of hydrogen-bond donors (Lipinski definition) is 2. The number of nitrogens with one attached hydrogen (secondary N) is 2. The molecule has 0 aliphatic carbocycles. The molecule has 0 unspecified atom stereocenters. The first-order chi connectivity index (χ1) is 20.9. The van der Waals surface area contributed by atoms with E-state index >= 15 is 0 Å². The van der Waals surface area contributed by atoms with Gasteiger partial charge in [-0.2, -0.15) is 5.10 Å². The molecule has 0 spiro atoms. The van der Waals surface area contributed by atoms with E-state index in [4.69, 9.17) is 0 Å². The number of likely N-dealkylation sites (tertiary alicyclic amines) is 1. The summed E-state index contributed by atoms with van der Waals surface area (Å²) in [6, 6.07) is 12.1. The van der Waals surface area contributed by atoms with Crippen LogP contribution in [0.15, 0.2) is 61.1 Å². The van der Waals surface area contributed by atoms with Crippen molar-refractivity contribution in [2.24, 2.45) is 5.92 Å². The molecule has 0 saturated carbocycles. The molecule has 3 aromatic heterocycles. The number of carbonyl (C=O) groups excluding carboxylic acids is 3. The number of rotatable bonds is 8. The van der Waals surface area contributed by atoms with Crippen LogP contribution in [0.1, 0.15) is 34.5 Å². The van der Waals surface area contributed by atoms with E-state index in [1.54, 1.807) is 23.0 Å². The van der Waals surface area contributed by atoms with Crippen LogP contribution in [0.5, 0.6) is 0 Å². The zero-order valence-electron chi connectivity index (χ0n) is 23.5. The average Bonchev–Trinajstić information content (AvgIpc) is 3.42. The number of amides is 2. The van der Waals surface area contributed by atoms with Gasteiger partial charge >= 0.3 is 0 Å². The fourth-order valence-electron chi connectivity index (χ4n) is 5.28. The number of imidazole rings is 1. The predicted molar refractivity (Wildman–Crippen MR) is 158 cm³/mol. The summed E-state index contributed by atoms with van der Waals surface area (Å²) in [5.74, 6) is -0.779. The van der Waals surface area contributed by atoms with Crippen LogP contribution in [-0.4, -0.2) is 74.2 Å². The Morgan fingerprint density at radius 1 is 1.02 bits per heavy atom. The summed E-state index contributed by atoms with van der Waals surface area (Å²) in [4.78, 5) is 50.8. The van der Waals surface area contributed by atoms with Gasteiger partial charge in [0.05, 0.1) is 47.6 Å². The van der Waals surface area contributed by atoms with E-state index in [1.165, 1.54) is 25.4 Å². The van der Waals surface area contributed by atoms with Crippen molar-refractivity contribution in [2.75, 3.05) is 32.0 Å². The first kappa shape index (κ1) is 28.0. The summed E-state index contributed by atoms with van der Waals surface area (Å²) >= 11 is 0. The smallest absolute Gasteiger partial charge is 0.253 e. The maximum Gasteiger partial charge on any atom is 0.253 e. The number of pyridine rings is 1. The van der Waals surface area contributed by atoms with Gasteiger partial charge in [-0.25, -0.2) is 18.9 Å². The molecule has 4 heterocycles. The van der Waals surface area contributed by atoms with E-state index in [-0.39, 0.29) is 23.9 Å². The molecule has 0 radical (unpaired) electrons. The maximum absolute atomic E-state index is 14.6. The second-order valence-electron chi connectivity index (χ2n) is 10.6. The number of benzene rings is 2. The Labute approximate surface area is 246 Å². The minimum Gasteiger partial charge on any atom is -0.355 e. The first-order valence-corrected chi connectivity index (χ1v) is 14.0. The molecule has 43 heavy (non-hydrogen) atoms. The zero-order chi connectivity index (χ0) is 29.9. The Morgan fingerprint density at radius 2 is 1.84 bits per heavy atom. The number of aromatic nitrogens is 5. The van der Waals surface area contributed by atoms with Gasteiger partial charge in [0.25, 0.3) is 11.7 Å². The van der Waals surface area contributed by atoms with Crippen LogP contribution in [0.2, 0.25) is 0 Å². The van der Waals surface area contributed by atoms with Gasteiger partial charge in [-0.3, -0.25) is 19.5 Å². The SMILES string of the molecule is CNC(=O)c1ccc(-c2cnc3ncc(Cc4ccc5ncc(NC(=O)CN6CCC(C=O)CC6)cc5c4)n3n2)cc1F. The lowest BCUT2D eigenvalue weighted by Gasteiger charge is -2.28. The second kappa shape index (κ2) is 12.0. The second-order valence-corrected chi connectivity index (χ2v) is 10.6. The lowest BCUT2D eigenvalue weighted by Crippen LogP contribution is -2.39. The van der Waals surface area contributed by atoms with Crippen molar-refractivity contribution in [1.82, 2.24) is 34.8 Å². The molecule has 1 aliphatic rings. The van der Waals surface area contributed by atoms with Crippen molar-refractivity contribution in [3.8, 4) is 11.3 Å². The topological polar surface area (TPSA) is 134 Å². The third kappa shape index (κ3) is 6.09. The third-order valence-corrected chi connectivity index (χ3v) is 7.64. The molecular weight excluding hydrogens is 551 g/mol. The minimum absolute atomic E-state index is 0.0482. The fraction of sp³-hybridized carbons (Fsp3) is 0.258. The van der Waals surface area contributed by atoms with Gasteiger partial charge in [0.1, 0.15) is 17.8 Å². The van der Waals surface area contributed by atoms with Gasteiger partial charge in [-0.05, 0) is 61.8 Å². The van der Waals surface area contributed by atoms with Crippen LogP contribution in [0.4, 0.5) is 10.1 Å². The highest BCUT2D eigenvalue weighted by Gasteiger charge is 2.20. The highest BCUT2D eigenvalue weighted by atomic mass is 19.1. The van der Waals surface area contributed by atoms with E-state index in [9.17, 15) is 18.8 Å². The van der Waals surface area contributed by atoms with Gasteiger partial charge in [0, 0.05) is 30.3 Å². The lowest BCUT2D eigenvalue weighted by molar-refractivity contribution is -0.117. The Kier molecular flexibility index (Phi) is 7.84. The molecule has 1 fully saturated rings. The molecule has 0 atom stereocenters. The zero-order valence-corrected chi connectivity index (χ0v) is 23.5. The van der Waals surface area contributed by atoms with E-state index in [1.807, 2.05) is 24.3 Å². The molecule has 1 saturated heterocycles. The molecular formula is C31H29FN8O3. The summed E-state index contributed by atoms with van der Waals surface area (Å²) in [5.41, 5.74) is 4.03. The third-order valence-electron chi connectivity index (χ3n) is 7.64. The monoisotopic (exact) mass is 580 g/mol.